The topological polar surface area (TPSA) is 111 Å². The molecule has 1 atom stereocenters. The molecule has 0 unspecified atom stereocenters. The van der Waals surface area contributed by atoms with Crippen molar-refractivity contribution in [2.45, 2.75) is 59.0 Å². The fraction of sp³-hybridized carbons (Fsp3) is 0.520. The maximum Gasteiger partial charge on any atom is 0.410 e. The molecule has 0 aliphatic carbocycles. The van der Waals surface area contributed by atoms with Crippen LogP contribution >= 0.6 is 0 Å². The largest absolute Gasteiger partial charge is 0.462 e. The van der Waals surface area contributed by atoms with Gasteiger partial charge in [0.15, 0.2) is 5.69 Å². The van der Waals surface area contributed by atoms with Crippen molar-refractivity contribution in [3.05, 3.63) is 41.3 Å². The van der Waals surface area contributed by atoms with Crippen molar-refractivity contribution in [1.82, 2.24) is 14.9 Å². The van der Waals surface area contributed by atoms with E-state index in [1.54, 1.807) is 43.0 Å². The van der Waals surface area contributed by atoms with Crippen molar-refractivity contribution in [2.24, 2.45) is 0 Å². The molecule has 1 saturated heterocycles. The van der Waals surface area contributed by atoms with Crippen molar-refractivity contribution < 1.29 is 28.6 Å². The molecule has 1 amide bonds. The van der Waals surface area contributed by atoms with Gasteiger partial charge in [-0.25, -0.2) is 19.4 Å². The van der Waals surface area contributed by atoms with Crippen LogP contribution in [0.4, 0.5) is 4.79 Å². The highest BCUT2D eigenvalue weighted by atomic mass is 16.6. The Bertz CT molecular complexity index is 1020. The normalized spacial score (nSPS) is 16.1. The monoisotopic (exact) mass is 471 g/mol. The summed E-state index contributed by atoms with van der Waals surface area (Å²) in [4.78, 5) is 46.8. The smallest absolute Gasteiger partial charge is 0.410 e. The molecule has 0 bridgehead atoms. The first-order valence-corrected chi connectivity index (χ1v) is 11.7. The fourth-order valence-corrected chi connectivity index (χ4v) is 3.82. The molecule has 1 aliphatic rings. The van der Waals surface area contributed by atoms with Crippen LogP contribution in [0.1, 0.15) is 80.0 Å². The first-order valence-electron chi connectivity index (χ1n) is 11.7. The highest BCUT2D eigenvalue weighted by Crippen LogP contribution is 2.30. The van der Waals surface area contributed by atoms with Gasteiger partial charge in [0, 0.05) is 24.6 Å². The first kappa shape index (κ1) is 25.3. The van der Waals surface area contributed by atoms with E-state index in [2.05, 4.69) is 4.98 Å². The molecule has 1 N–H and O–H groups in total. The molecule has 0 saturated carbocycles. The molecule has 0 spiro atoms. The van der Waals surface area contributed by atoms with Gasteiger partial charge in [-0.05, 0) is 59.6 Å². The van der Waals surface area contributed by atoms with E-state index in [0.717, 1.165) is 12.8 Å². The molecule has 0 radical (unpaired) electrons. The Morgan fingerprint density at radius 3 is 2.32 bits per heavy atom. The molecule has 2 aromatic rings. The summed E-state index contributed by atoms with van der Waals surface area (Å²) in [5.74, 6) is -0.389. The van der Waals surface area contributed by atoms with Gasteiger partial charge in [0.25, 0.3) is 0 Å². The summed E-state index contributed by atoms with van der Waals surface area (Å²) in [5, 5.41) is 0. The number of aromatic nitrogens is 2. The van der Waals surface area contributed by atoms with Crippen LogP contribution in [0.15, 0.2) is 24.3 Å². The number of hydrogen-bond donors (Lipinski definition) is 1. The predicted molar refractivity (Wildman–Crippen MR) is 126 cm³/mol. The third kappa shape index (κ3) is 6.15. The Hall–Kier alpha value is -3.36. The van der Waals surface area contributed by atoms with Gasteiger partial charge >= 0.3 is 18.0 Å². The highest BCUT2D eigenvalue weighted by molar-refractivity contribution is 5.95. The number of likely N-dealkylation sites (tertiary alicyclic amines) is 1. The highest BCUT2D eigenvalue weighted by Gasteiger charge is 2.31. The second kappa shape index (κ2) is 10.7. The third-order valence-electron chi connectivity index (χ3n) is 5.33. The standard InChI is InChI=1S/C25H33N3O6/c1-6-32-22(29)17-12-10-16(11-13-17)19-20(23(30)33-7-2)27-21(26-19)18-9-8-14-28(15-18)24(31)34-25(3,4)5/h10-13,18H,6-9,14-15H2,1-5H3,(H,26,27)/t18-/m1/s1. The predicted octanol–water partition coefficient (Wildman–Crippen LogP) is 4.54. The van der Waals surface area contributed by atoms with Crippen molar-refractivity contribution in [1.29, 1.82) is 0 Å². The average Bonchev–Trinajstić information content (AvgIpc) is 3.24. The van der Waals surface area contributed by atoms with Crippen LogP contribution in [0.2, 0.25) is 0 Å². The maximum atomic E-state index is 12.7. The molecule has 1 aliphatic heterocycles. The van der Waals surface area contributed by atoms with E-state index in [4.69, 9.17) is 19.2 Å². The van der Waals surface area contributed by atoms with E-state index in [1.165, 1.54) is 0 Å². The van der Waals surface area contributed by atoms with Crippen LogP contribution in [-0.4, -0.2) is 64.8 Å². The Labute approximate surface area is 199 Å². The van der Waals surface area contributed by atoms with Crippen LogP contribution in [0.3, 0.4) is 0 Å². The van der Waals surface area contributed by atoms with Gasteiger partial charge in [0.1, 0.15) is 17.1 Å². The molecule has 34 heavy (non-hydrogen) atoms. The lowest BCUT2D eigenvalue weighted by Gasteiger charge is -2.33. The molecule has 9 heteroatoms. The number of aromatic amines is 1. The maximum absolute atomic E-state index is 12.7. The summed E-state index contributed by atoms with van der Waals surface area (Å²) in [6, 6.07) is 6.73. The number of carbonyl (C=O) groups excluding carboxylic acids is 3. The van der Waals surface area contributed by atoms with Crippen molar-refractivity contribution in [2.75, 3.05) is 26.3 Å². The van der Waals surface area contributed by atoms with Crippen LogP contribution in [0.5, 0.6) is 0 Å². The summed E-state index contributed by atoms with van der Waals surface area (Å²) >= 11 is 0. The minimum atomic E-state index is -0.575. The van der Waals surface area contributed by atoms with E-state index in [1.807, 2.05) is 20.8 Å². The first-order chi connectivity index (χ1) is 16.1. The lowest BCUT2D eigenvalue weighted by molar-refractivity contribution is 0.0195. The van der Waals surface area contributed by atoms with E-state index < -0.39 is 17.5 Å². The van der Waals surface area contributed by atoms with Crippen molar-refractivity contribution in [3.8, 4) is 11.3 Å². The molecule has 2 heterocycles. The summed E-state index contributed by atoms with van der Waals surface area (Å²) < 4.78 is 15.8. The number of carbonyl (C=O) groups is 3. The Morgan fingerprint density at radius 2 is 1.71 bits per heavy atom. The number of nitrogens with zero attached hydrogens (tertiary/aromatic N) is 2. The van der Waals surface area contributed by atoms with Gasteiger partial charge in [-0.2, -0.15) is 0 Å². The van der Waals surface area contributed by atoms with Crippen LogP contribution < -0.4 is 0 Å². The van der Waals surface area contributed by atoms with E-state index in [0.29, 0.717) is 35.7 Å². The lowest BCUT2D eigenvalue weighted by Crippen LogP contribution is -2.42. The minimum Gasteiger partial charge on any atom is -0.462 e. The third-order valence-corrected chi connectivity index (χ3v) is 5.33. The SMILES string of the molecule is CCOC(=O)c1ccc(-c2nc([C@@H]3CCCN(C(=O)OC(C)(C)C)C3)[nH]c2C(=O)OCC)cc1. The molecule has 1 aromatic carbocycles. The Morgan fingerprint density at radius 1 is 1.06 bits per heavy atom. The Kier molecular flexibility index (Phi) is 7.96. The van der Waals surface area contributed by atoms with Crippen LogP contribution in [0.25, 0.3) is 11.3 Å². The van der Waals surface area contributed by atoms with Crippen LogP contribution in [0, 0.1) is 0 Å². The lowest BCUT2D eigenvalue weighted by atomic mass is 9.98. The number of nitrogens with one attached hydrogen (secondary N) is 1. The number of H-pyrrole nitrogens is 1. The summed E-state index contributed by atoms with van der Waals surface area (Å²) in [6.07, 6.45) is 1.25. The van der Waals surface area contributed by atoms with Gasteiger partial charge in [-0.1, -0.05) is 12.1 Å². The fourth-order valence-electron chi connectivity index (χ4n) is 3.82. The van der Waals surface area contributed by atoms with Gasteiger partial charge < -0.3 is 24.1 Å². The average molecular weight is 472 g/mol. The number of amides is 1. The molecular formula is C25H33N3O6. The molecular weight excluding hydrogens is 438 g/mol. The zero-order chi connectivity index (χ0) is 24.9. The number of benzene rings is 1. The van der Waals surface area contributed by atoms with E-state index in [9.17, 15) is 14.4 Å². The zero-order valence-electron chi connectivity index (χ0n) is 20.5. The molecule has 184 valence electrons. The zero-order valence-corrected chi connectivity index (χ0v) is 20.5. The van der Waals surface area contributed by atoms with Gasteiger partial charge in [0.05, 0.1) is 18.8 Å². The summed E-state index contributed by atoms with van der Waals surface area (Å²) in [5.41, 5.74) is 1.19. The molecule has 9 nitrogen and oxygen atoms in total. The number of piperidine rings is 1. The van der Waals surface area contributed by atoms with Gasteiger partial charge in [-0.15, -0.1) is 0 Å². The van der Waals surface area contributed by atoms with Gasteiger partial charge in [-0.3, -0.25) is 0 Å². The van der Waals surface area contributed by atoms with E-state index >= 15 is 0 Å². The molecule has 3 rings (SSSR count). The number of imidazole rings is 1. The number of esters is 2. The minimum absolute atomic E-state index is 0.0815. The second-order valence-corrected chi connectivity index (χ2v) is 9.13. The number of ether oxygens (including phenoxy) is 3. The van der Waals surface area contributed by atoms with Gasteiger partial charge in [0.2, 0.25) is 0 Å². The van der Waals surface area contributed by atoms with E-state index in [-0.39, 0.29) is 30.9 Å². The number of hydrogen-bond acceptors (Lipinski definition) is 7. The van der Waals surface area contributed by atoms with Crippen LogP contribution in [-0.2, 0) is 14.2 Å². The number of rotatable bonds is 6. The Balaban J connectivity index is 1.88. The summed E-state index contributed by atoms with van der Waals surface area (Å²) in [6.45, 7) is 10.6. The quantitative estimate of drug-likeness (QED) is 0.486. The second-order valence-electron chi connectivity index (χ2n) is 9.13. The molecule has 1 aromatic heterocycles. The van der Waals surface area contributed by atoms with Crippen molar-refractivity contribution in [3.63, 3.8) is 0 Å². The molecule has 1 fully saturated rings. The van der Waals surface area contributed by atoms with Crippen molar-refractivity contribution >= 4 is 18.0 Å². The summed E-state index contributed by atoms with van der Waals surface area (Å²) in [7, 11) is 0.